The van der Waals surface area contributed by atoms with E-state index in [1.165, 1.54) is 0 Å². The Balaban J connectivity index is 2.29. The first kappa shape index (κ1) is 22.0. The van der Waals surface area contributed by atoms with E-state index in [9.17, 15) is 19.8 Å². The fourth-order valence-electron chi connectivity index (χ4n) is 4.03. The highest BCUT2D eigenvalue weighted by Crippen LogP contribution is 2.55. The van der Waals surface area contributed by atoms with Crippen LogP contribution in [0.3, 0.4) is 0 Å². The molecular weight excluding hydrogens is 350 g/mol. The Hall–Kier alpha value is -1.34. The third kappa shape index (κ3) is 5.35. The average Bonchev–Trinajstić information content (AvgIpc) is 3.17. The van der Waals surface area contributed by atoms with Gasteiger partial charge in [0.25, 0.3) is 0 Å². The van der Waals surface area contributed by atoms with E-state index in [-0.39, 0.29) is 24.2 Å². The van der Waals surface area contributed by atoms with Gasteiger partial charge in [0, 0.05) is 6.61 Å². The molecule has 7 nitrogen and oxygen atoms in total. The van der Waals surface area contributed by atoms with Crippen LogP contribution in [0, 0.1) is 11.3 Å². The van der Waals surface area contributed by atoms with Crippen LogP contribution in [0.25, 0.3) is 0 Å². The summed E-state index contributed by atoms with van der Waals surface area (Å²) >= 11 is 0. The largest absolute Gasteiger partial charge is 0.481 e. The zero-order valence-corrected chi connectivity index (χ0v) is 17.4. The minimum Gasteiger partial charge on any atom is -0.481 e. The molecule has 156 valence electrons. The zero-order valence-electron chi connectivity index (χ0n) is 17.4. The number of hydrogen-bond acceptors (Lipinski definition) is 5. The molecule has 2 fully saturated rings. The predicted octanol–water partition coefficient (Wildman–Crippen LogP) is 3.39. The van der Waals surface area contributed by atoms with Gasteiger partial charge >= 0.3 is 12.1 Å². The summed E-state index contributed by atoms with van der Waals surface area (Å²) in [5, 5.41) is 18.7. The van der Waals surface area contributed by atoms with Gasteiger partial charge in [-0.1, -0.05) is 6.92 Å². The maximum absolute atomic E-state index is 13.0. The molecule has 0 spiro atoms. The van der Waals surface area contributed by atoms with E-state index in [0.29, 0.717) is 19.3 Å². The molecule has 1 amide bonds. The van der Waals surface area contributed by atoms with Crippen molar-refractivity contribution in [2.24, 2.45) is 11.3 Å². The van der Waals surface area contributed by atoms with Crippen LogP contribution in [0.1, 0.15) is 73.6 Å². The van der Waals surface area contributed by atoms with E-state index < -0.39 is 29.3 Å². The van der Waals surface area contributed by atoms with E-state index >= 15 is 0 Å². The molecule has 3 atom stereocenters. The smallest absolute Gasteiger partial charge is 0.412 e. The van der Waals surface area contributed by atoms with E-state index in [0.717, 1.165) is 12.8 Å². The fraction of sp³-hybridized carbons (Fsp3) is 0.900. The Labute approximate surface area is 162 Å². The van der Waals surface area contributed by atoms with Gasteiger partial charge in [-0.25, -0.2) is 4.79 Å². The molecule has 0 aromatic carbocycles. The summed E-state index contributed by atoms with van der Waals surface area (Å²) in [4.78, 5) is 26.0. The van der Waals surface area contributed by atoms with Crippen LogP contribution >= 0.6 is 0 Å². The highest BCUT2D eigenvalue weighted by molar-refractivity contribution is 5.71. The van der Waals surface area contributed by atoms with Gasteiger partial charge in [0.2, 0.25) is 0 Å². The lowest BCUT2D eigenvalue weighted by molar-refractivity contribution is -0.143. The molecule has 1 aliphatic heterocycles. The summed E-state index contributed by atoms with van der Waals surface area (Å²) in [7, 11) is 0. The number of carbonyl (C=O) groups is 2. The molecule has 1 heterocycles. The van der Waals surface area contributed by atoms with Crippen LogP contribution in [0.5, 0.6) is 0 Å². The first-order valence-corrected chi connectivity index (χ1v) is 9.84. The molecule has 2 rings (SSSR count). The molecule has 27 heavy (non-hydrogen) atoms. The Morgan fingerprint density at radius 1 is 1.30 bits per heavy atom. The Bertz CT molecular complexity index is 563. The van der Waals surface area contributed by atoms with Crippen LogP contribution in [0.15, 0.2) is 0 Å². The topological polar surface area (TPSA) is 96.3 Å². The molecule has 0 unspecified atom stereocenters. The van der Waals surface area contributed by atoms with Gasteiger partial charge in [0.05, 0.1) is 18.1 Å². The normalized spacial score (nSPS) is 27.3. The van der Waals surface area contributed by atoms with Gasteiger partial charge in [0.1, 0.15) is 11.3 Å². The van der Waals surface area contributed by atoms with Gasteiger partial charge in [-0.2, -0.15) is 0 Å². The summed E-state index contributed by atoms with van der Waals surface area (Å²) < 4.78 is 11.8. The van der Waals surface area contributed by atoms with Crippen molar-refractivity contribution in [2.45, 2.75) is 97.1 Å². The van der Waals surface area contributed by atoms with Gasteiger partial charge in [-0.3, -0.25) is 9.69 Å². The van der Waals surface area contributed by atoms with Crippen LogP contribution in [0.4, 0.5) is 4.79 Å². The van der Waals surface area contributed by atoms with E-state index in [1.54, 1.807) is 11.8 Å². The summed E-state index contributed by atoms with van der Waals surface area (Å²) in [6, 6.07) is -0.273. The van der Waals surface area contributed by atoms with Crippen LogP contribution in [-0.2, 0) is 14.3 Å². The summed E-state index contributed by atoms with van der Waals surface area (Å²) in [6.45, 7) is 10.9. The number of nitrogens with zero attached hydrogens (tertiary/aromatic N) is 1. The number of carbonyl (C=O) groups excluding carboxylic acids is 1. The number of aliphatic hydroxyl groups excluding tert-OH is 1. The second kappa shape index (κ2) is 7.59. The second-order valence-electron chi connectivity index (χ2n) is 9.67. The first-order chi connectivity index (χ1) is 12.3. The number of rotatable bonds is 7. The summed E-state index contributed by atoms with van der Waals surface area (Å²) in [5.41, 5.74) is -1.51. The molecule has 1 saturated carbocycles. The van der Waals surface area contributed by atoms with E-state index in [1.807, 2.05) is 34.6 Å². The van der Waals surface area contributed by atoms with Crippen molar-refractivity contribution in [3.8, 4) is 0 Å². The van der Waals surface area contributed by atoms with Crippen LogP contribution < -0.4 is 0 Å². The number of aliphatic carboxylic acids is 1. The second-order valence-corrected chi connectivity index (χ2v) is 9.67. The number of ether oxygens (including phenoxy) is 2. The number of hydrogen-bond donors (Lipinski definition) is 2. The molecule has 0 aromatic heterocycles. The van der Waals surface area contributed by atoms with Gasteiger partial charge in [0.15, 0.2) is 0 Å². The third-order valence-corrected chi connectivity index (χ3v) is 5.62. The summed E-state index contributed by atoms with van der Waals surface area (Å²) in [6.07, 6.45) is 2.90. The molecule has 2 N–H and O–H groups in total. The first-order valence-electron chi connectivity index (χ1n) is 9.84. The fourth-order valence-corrected chi connectivity index (χ4v) is 4.03. The van der Waals surface area contributed by atoms with Crippen molar-refractivity contribution in [3.63, 3.8) is 0 Å². The standard InChI is InChI=1S/C20H35NO6/c1-13(16(23)24)11-15-14(12-20(7-8-20)9-10-22)21(19(5,6)26-15)17(25)27-18(2,3)4/h13-15,22H,7-12H2,1-6H3,(H,23,24)/t13-,14+,15+/m1/s1. The third-order valence-electron chi connectivity index (χ3n) is 5.62. The molecule has 1 aliphatic carbocycles. The Kier molecular flexibility index (Phi) is 6.17. The van der Waals surface area contributed by atoms with E-state index in [2.05, 4.69) is 0 Å². The SMILES string of the molecule is C[C@H](C[C@@H]1OC(C)(C)N(C(=O)OC(C)(C)C)[C@H]1CC1(CCO)CC1)C(=O)O. The molecule has 7 heteroatoms. The van der Waals surface area contributed by atoms with Crippen molar-refractivity contribution < 1.29 is 29.3 Å². The van der Waals surface area contributed by atoms with Crippen LogP contribution in [-0.4, -0.2) is 57.3 Å². The van der Waals surface area contributed by atoms with Crippen molar-refractivity contribution in [2.75, 3.05) is 6.61 Å². The minimum absolute atomic E-state index is 0.00811. The number of amides is 1. The number of carboxylic acid groups (broad SMARTS) is 1. The number of aliphatic hydroxyl groups is 1. The minimum atomic E-state index is -0.884. The lowest BCUT2D eigenvalue weighted by Gasteiger charge is -2.36. The molecule has 2 aliphatic rings. The molecule has 0 bridgehead atoms. The highest BCUT2D eigenvalue weighted by Gasteiger charge is 2.55. The predicted molar refractivity (Wildman–Crippen MR) is 100 cm³/mol. The molecular formula is C20H35NO6. The van der Waals surface area contributed by atoms with E-state index in [4.69, 9.17) is 9.47 Å². The van der Waals surface area contributed by atoms with Crippen LogP contribution in [0.2, 0.25) is 0 Å². The average molecular weight is 386 g/mol. The maximum Gasteiger partial charge on any atom is 0.412 e. The van der Waals surface area contributed by atoms with Crippen molar-refractivity contribution in [3.05, 3.63) is 0 Å². The van der Waals surface area contributed by atoms with Crippen molar-refractivity contribution in [1.29, 1.82) is 0 Å². The monoisotopic (exact) mass is 385 g/mol. The Morgan fingerprint density at radius 3 is 2.33 bits per heavy atom. The molecule has 1 saturated heterocycles. The van der Waals surface area contributed by atoms with Crippen molar-refractivity contribution >= 4 is 12.1 Å². The quantitative estimate of drug-likeness (QED) is 0.697. The van der Waals surface area contributed by atoms with Gasteiger partial charge in [-0.15, -0.1) is 0 Å². The number of carboxylic acids is 1. The maximum atomic E-state index is 13.0. The highest BCUT2D eigenvalue weighted by atomic mass is 16.6. The van der Waals surface area contributed by atoms with Gasteiger partial charge < -0.3 is 19.7 Å². The molecule has 0 aromatic rings. The van der Waals surface area contributed by atoms with Gasteiger partial charge in [-0.05, 0) is 72.1 Å². The lowest BCUT2D eigenvalue weighted by atomic mass is 9.87. The zero-order chi connectivity index (χ0) is 20.6. The Morgan fingerprint density at radius 2 is 1.89 bits per heavy atom. The molecule has 0 radical (unpaired) electrons. The van der Waals surface area contributed by atoms with Crippen molar-refractivity contribution in [1.82, 2.24) is 4.90 Å². The lowest BCUT2D eigenvalue weighted by Crippen LogP contribution is -2.51. The summed E-state index contributed by atoms with van der Waals surface area (Å²) in [5.74, 6) is -1.44.